The number of nitrogens with one attached hydrogen (secondary N) is 1. The predicted molar refractivity (Wildman–Crippen MR) is 50.7 cm³/mol. The molecule has 90 valence electrons. The number of hydrogen-bond donors (Lipinski definition) is 3. The third kappa shape index (κ3) is 5.46. The number of nitrogens with zero attached hydrogens (tertiary/aromatic N) is 1. The van der Waals surface area contributed by atoms with Crippen molar-refractivity contribution in [2.45, 2.75) is 25.9 Å². The number of amidine groups is 1. The quantitative estimate of drug-likeness (QED) is 0.210. The SMILES string of the molecule is CCCCNCC(C(N)=NO)C(F)(F)F. The molecule has 4 nitrogen and oxygen atoms in total. The lowest BCUT2D eigenvalue weighted by Gasteiger charge is -2.19. The minimum atomic E-state index is -4.49. The zero-order chi connectivity index (χ0) is 11.9. The van der Waals surface area contributed by atoms with Crippen molar-refractivity contribution in [1.82, 2.24) is 5.32 Å². The van der Waals surface area contributed by atoms with Crippen molar-refractivity contribution in [3.05, 3.63) is 0 Å². The summed E-state index contributed by atoms with van der Waals surface area (Å²) in [5.41, 5.74) is 4.96. The van der Waals surface area contributed by atoms with Gasteiger partial charge in [-0.2, -0.15) is 13.2 Å². The van der Waals surface area contributed by atoms with E-state index in [1.807, 2.05) is 6.92 Å². The van der Waals surface area contributed by atoms with Crippen LogP contribution in [0.4, 0.5) is 13.2 Å². The Morgan fingerprint density at radius 2 is 2.13 bits per heavy atom. The Morgan fingerprint density at radius 3 is 2.53 bits per heavy atom. The number of oxime groups is 1. The molecule has 7 heteroatoms. The molecule has 0 bridgehead atoms. The van der Waals surface area contributed by atoms with Gasteiger partial charge in [-0.3, -0.25) is 0 Å². The molecule has 1 atom stereocenters. The van der Waals surface area contributed by atoms with Crippen LogP contribution in [0.1, 0.15) is 19.8 Å². The van der Waals surface area contributed by atoms with Crippen LogP contribution in [0.3, 0.4) is 0 Å². The number of nitrogens with two attached hydrogens (primary N) is 1. The molecule has 0 aromatic carbocycles. The summed E-state index contributed by atoms with van der Waals surface area (Å²) in [6.07, 6.45) is -2.80. The monoisotopic (exact) mass is 227 g/mol. The fraction of sp³-hybridized carbons (Fsp3) is 0.875. The van der Waals surface area contributed by atoms with Crippen molar-refractivity contribution >= 4 is 5.84 Å². The van der Waals surface area contributed by atoms with Crippen molar-refractivity contribution in [2.24, 2.45) is 16.8 Å². The molecule has 4 N–H and O–H groups in total. The lowest BCUT2D eigenvalue weighted by atomic mass is 10.1. The normalized spacial score (nSPS) is 15.3. The van der Waals surface area contributed by atoms with Crippen LogP contribution in [0, 0.1) is 5.92 Å². The van der Waals surface area contributed by atoms with Gasteiger partial charge in [-0.05, 0) is 13.0 Å². The molecular formula is C8H16F3N3O. The van der Waals surface area contributed by atoms with Gasteiger partial charge in [-0.15, -0.1) is 0 Å². The molecule has 0 amide bonds. The highest BCUT2D eigenvalue weighted by molar-refractivity contribution is 5.83. The lowest BCUT2D eigenvalue weighted by Crippen LogP contribution is -2.43. The molecule has 0 aromatic heterocycles. The van der Waals surface area contributed by atoms with Crippen molar-refractivity contribution in [3.63, 3.8) is 0 Å². The first kappa shape index (κ1) is 14.0. The van der Waals surface area contributed by atoms with Crippen molar-refractivity contribution in [1.29, 1.82) is 0 Å². The van der Waals surface area contributed by atoms with Gasteiger partial charge in [0.05, 0.1) is 0 Å². The maximum Gasteiger partial charge on any atom is 0.400 e. The molecule has 0 heterocycles. The summed E-state index contributed by atoms with van der Waals surface area (Å²) in [5, 5.41) is 13.2. The maximum absolute atomic E-state index is 12.4. The van der Waals surface area contributed by atoms with Crippen LogP contribution in [0.2, 0.25) is 0 Å². The lowest BCUT2D eigenvalue weighted by molar-refractivity contribution is -0.154. The van der Waals surface area contributed by atoms with Gasteiger partial charge in [0, 0.05) is 6.54 Å². The van der Waals surface area contributed by atoms with E-state index >= 15 is 0 Å². The number of rotatable bonds is 6. The summed E-state index contributed by atoms with van der Waals surface area (Å²) < 4.78 is 37.1. The average molecular weight is 227 g/mol. The number of alkyl halides is 3. The molecule has 0 aromatic rings. The van der Waals surface area contributed by atoms with Gasteiger partial charge < -0.3 is 16.3 Å². The van der Waals surface area contributed by atoms with E-state index in [0.29, 0.717) is 6.54 Å². The second-order valence-corrected chi connectivity index (χ2v) is 3.18. The zero-order valence-corrected chi connectivity index (χ0v) is 8.51. The molecule has 0 saturated heterocycles. The molecule has 0 aliphatic carbocycles. The first-order valence-corrected chi connectivity index (χ1v) is 4.68. The summed E-state index contributed by atoms with van der Waals surface area (Å²) in [4.78, 5) is 0. The van der Waals surface area contributed by atoms with E-state index < -0.39 is 17.9 Å². The molecule has 15 heavy (non-hydrogen) atoms. The zero-order valence-electron chi connectivity index (χ0n) is 8.51. The Labute approximate surface area is 86.3 Å². The minimum Gasteiger partial charge on any atom is -0.409 e. The van der Waals surface area contributed by atoms with E-state index in [2.05, 4.69) is 10.5 Å². The van der Waals surface area contributed by atoms with Crippen LogP contribution in [-0.2, 0) is 0 Å². The molecule has 0 saturated carbocycles. The van der Waals surface area contributed by atoms with Crippen molar-refractivity contribution < 1.29 is 18.4 Å². The van der Waals surface area contributed by atoms with Crippen LogP contribution < -0.4 is 11.1 Å². The Hall–Kier alpha value is -0.980. The summed E-state index contributed by atoms with van der Waals surface area (Å²) in [6, 6.07) is 0. The van der Waals surface area contributed by atoms with E-state index in [-0.39, 0.29) is 6.54 Å². The maximum atomic E-state index is 12.4. The fourth-order valence-corrected chi connectivity index (χ4v) is 1.01. The van der Waals surface area contributed by atoms with Gasteiger partial charge in [0.1, 0.15) is 5.92 Å². The van der Waals surface area contributed by atoms with Gasteiger partial charge in [-0.25, -0.2) is 0 Å². The summed E-state index contributed by atoms with van der Waals surface area (Å²) in [7, 11) is 0. The van der Waals surface area contributed by atoms with Gasteiger partial charge in [-0.1, -0.05) is 18.5 Å². The Morgan fingerprint density at radius 1 is 1.53 bits per heavy atom. The molecule has 1 unspecified atom stereocenters. The highest BCUT2D eigenvalue weighted by Crippen LogP contribution is 2.25. The highest BCUT2D eigenvalue weighted by Gasteiger charge is 2.42. The van der Waals surface area contributed by atoms with E-state index in [1.165, 1.54) is 0 Å². The standard InChI is InChI=1S/C8H16F3N3O/c1-2-3-4-13-5-6(7(12)14-15)8(9,10)11/h6,13,15H,2-5H2,1H3,(H2,12,14). The topological polar surface area (TPSA) is 70.6 Å². The molecule has 0 spiro atoms. The van der Waals surface area contributed by atoms with Crippen LogP contribution >= 0.6 is 0 Å². The molecule has 0 radical (unpaired) electrons. The Bertz CT molecular complexity index is 206. The number of halogens is 3. The highest BCUT2D eigenvalue weighted by atomic mass is 19.4. The van der Waals surface area contributed by atoms with Gasteiger partial charge in [0.25, 0.3) is 0 Å². The fourth-order valence-electron chi connectivity index (χ4n) is 1.01. The van der Waals surface area contributed by atoms with Crippen LogP contribution in [-0.4, -0.2) is 30.3 Å². The van der Waals surface area contributed by atoms with Crippen LogP contribution in [0.5, 0.6) is 0 Å². The molecule has 0 rings (SSSR count). The molecule has 0 aliphatic heterocycles. The van der Waals surface area contributed by atoms with Crippen molar-refractivity contribution in [2.75, 3.05) is 13.1 Å². The molecular weight excluding hydrogens is 211 g/mol. The number of unbranched alkanes of at least 4 members (excludes halogenated alkanes) is 1. The largest absolute Gasteiger partial charge is 0.409 e. The van der Waals surface area contributed by atoms with Gasteiger partial charge in [0.15, 0.2) is 5.84 Å². The molecule has 0 fully saturated rings. The van der Waals surface area contributed by atoms with E-state index in [4.69, 9.17) is 10.9 Å². The molecule has 0 aliphatic rings. The smallest absolute Gasteiger partial charge is 0.400 e. The number of hydrogen-bond acceptors (Lipinski definition) is 3. The van der Waals surface area contributed by atoms with Gasteiger partial charge in [0.2, 0.25) is 0 Å². The summed E-state index contributed by atoms with van der Waals surface area (Å²) >= 11 is 0. The second-order valence-electron chi connectivity index (χ2n) is 3.18. The average Bonchev–Trinajstić information content (AvgIpc) is 2.15. The third-order valence-electron chi connectivity index (χ3n) is 1.92. The van der Waals surface area contributed by atoms with E-state index in [0.717, 1.165) is 12.8 Å². The Kier molecular flexibility index (Phi) is 6.07. The van der Waals surface area contributed by atoms with E-state index in [9.17, 15) is 13.2 Å². The van der Waals surface area contributed by atoms with Crippen LogP contribution in [0.15, 0.2) is 5.16 Å². The second kappa shape index (κ2) is 6.49. The first-order valence-electron chi connectivity index (χ1n) is 4.68. The van der Waals surface area contributed by atoms with Crippen molar-refractivity contribution in [3.8, 4) is 0 Å². The van der Waals surface area contributed by atoms with E-state index in [1.54, 1.807) is 0 Å². The summed E-state index contributed by atoms with van der Waals surface area (Å²) in [6.45, 7) is 2.06. The predicted octanol–water partition coefficient (Wildman–Crippen LogP) is 1.30. The summed E-state index contributed by atoms with van der Waals surface area (Å²) in [5.74, 6) is -2.74. The minimum absolute atomic E-state index is 0.362. The van der Waals surface area contributed by atoms with Crippen LogP contribution in [0.25, 0.3) is 0 Å². The van der Waals surface area contributed by atoms with Gasteiger partial charge >= 0.3 is 6.18 Å². The first-order chi connectivity index (χ1) is 6.93. The third-order valence-corrected chi connectivity index (χ3v) is 1.92. The Balaban J connectivity index is 4.16.